The number of carbonyl (C=O) groups is 1. The van der Waals surface area contributed by atoms with Crippen molar-refractivity contribution >= 4 is 15.9 Å². The Balaban J connectivity index is 2.07. The van der Waals surface area contributed by atoms with Crippen LogP contribution in [0.4, 0.5) is 4.39 Å². The van der Waals surface area contributed by atoms with Gasteiger partial charge in [0, 0.05) is 19.6 Å². The maximum atomic E-state index is 13.0. The number of amides is 1. The molecule has 0 bridgehead atoms. The number of piperidine rings is 1. The zero-order valence-corrected chi connectivity index (χ0v) is 15.2. The third kappa shape index (κ3) is 4.77. The van der Waals surface area contributed by atoms with Crippen molar-refractivity contribution in [2.45, 2.75) is 38.5 Å². The van der Waals surface area contributed by atoms with Crippen LogP contribution in [0.3, 0.4) is 0 Å². The summed E-state index contributed by atoms with van der Waals surface area (Å²) >= 11 is 0. The smallest absolute Gasteiger partial charge is 0.243 e. The van der Waals surface area contributed by atoms with E-state index in [2.05, 4.69) is 5.32 Å². The average molecular weight is 356 g/mol. The molecule has 5 nitrogen and oxygen atoms in total. The fraction of sp³-hybridized carbons (Fsp3) is 0.588. The van der Waals surface area contributed by atoms with Gasteiger partial charge in [-0.05, 0) is 42.5 Å². The SMILES string of the molecule is CC(C)(C)CNC(=O)[C@@H]1CCCN(S(=O)(=O)c2ccc(F)cc2)C1. The molecule has 1 fully saturated rings. The molecular formula is C17H25FN2O3S. The molecule has 0 aliphatic carbocycles. The maximum absolute atomic E-state index is 13.0. The van der Waals surface area contributed by atoms with E-state index in [4.69, 9.17) is 0 Å². The zero-order chi connectivity index (χ0) is 18.0. The molecule has 0 saturated carbocycles. The molecule has 1 N–H and O–H groups in total. The Morgan fingerprint density at radius 3 is 2.50 bits per heavy atom. The molecule has 1 heterocycles. The Hall–Kier alpha value is -1.47. The molecule has 0 unspecified atom stereocenters. The van der Waals surface area contributed by atoms with Gasteiger partial charge in [-0.15, -0.1) is 0 Å². The third-order valence-electron chi connectivity index (χ3n) is 4.00. The molecule has 0 radical (unpaired) electrons. The van der Waals surface area contributed by atoms with Crippen LogP contribution in [0.2, 0.25) is 0 Å². The first kappa shape index (κ1) is 18.9. The van der Waals surface area contributed by atoms with E-state index < -0.39 is 15.8 Å². The highest BCUT2D eigenvalue weighted by atomic mass is 32.2. The second-order valence-corrected chi connectivity index (χ2v) is 9.37. The van der Waals surface area contributed by atoms with Crippen molar-refractivity contribution in [3.8, 4) is 0 Å². The molecule has 7 heteroatoms. The molecule has 0 aromatic heterocycles. The molecule has 24 heavy (non-hydrogen) atoms. The van der Waals surface area contributed by atoms with E-state index in [0.29, 0.717) is 25.9 Å². The Bertz CT molecular complexity index is 681. The van der Waals surface area contributed by atoms with Crippen LogP contribution in [0.5, 0.6) is 0 Å². The van der Waals surface area contributed by atoms with Crippen molar-refractivity contribution < 1.29 is 17.6 Å². The van der Waals surface area contributed by atoms with Crippen molar-refractivity contribution in [2.24, 2.45) is 11.3 Å². The third-order valence-corrected chi connectivity index (χ3v) is 5.88. The lowest BCUT2D eigenvalue weighted by atomic mass is 9.95. The van der Waals surface area contributed by atoms with Gasteiger partial charge in [0.25, 0.3) is 0 Å². The second-order valence-electron chi connectivity index (χ2n) is 7.43. The largest absolute Gasteiger partial charge is 0.355 e. The summed E-state index contributed by atoms with van der Waals surface area (Å²) in [6.45, 7) is 7.17. The molecule has 0 spiro atoms. The topological polar surface area (TPSA) is 66.5 Å². The van der Waals surface area contributed by atoms with Crippen LogP contribution < -0.4 is 5.32 Å². The van der Waals surface area contributed by atoms with E-state index >= 15 is 0 Å². The molecule has 1 saturated heterocycles. The highest BCUT2D eigenvalue weighted by Gasteiger charge is 2.33. The minimum absolute atomic E-state index is 0.0236. The molecule has 2 rings (SSSR count). The van der Waals surface area contributed by atoms with Gasteiger partial charge >= 0.3 is 0 Å². The van der Waals surface area contributed by atoms with Crippen molar-refractivity contribution in [1.82, 2.24) is 9.62 Å². The van der Waals surface area contributed by atoms with E-state index in [1.807, 2.05) is 20.8 Å². The van der Waals surface area contributed by atoms with Gasteiger partial charge in [-0.25, -0.2) is 12.8 Å². The lowest BCUT2D eigenvalue weighted by Crippen LogP contribution is -2.46. The summed E-state index contributed by atoms with van der Waals surface area (Å²) in [5.41, 5.74) is -0.0236. The Kier molecular flexibility index (Phi) is 5.65. The van der Waals surface area contributed by atoms with Gasteiger partial charge in [0.2, 0.25) is 15.9 Å². The molecule has 1 aromatic carbocycles. The number of hydrogen-bond donors (Lipinski definition) is 1. The second kappa shape index (κ2) is 7.19. The lowest BCUT2D eigenvalue weighted by Gasteiger charge is -2.32. The average Bonchev–Trinajstić information content (AvgIpc) is 2.52. The van der Waals surface area contributed by atoms with Crippen molar-refractivity contribution in [1.29, 1.82) is 0 Å². The summed E-state index contributed by atoms with van der Waals surface area (Å²) in [6.07, 6.45) is 1.31. The minimum atomic E-state index is -3.70. The van der Waals surface area contributed by atoms with Gasteiger partial charge in [-0.1, -0.05) is 20.8 Å². The van der Waals surface area contributed by atoms with Crippen LogP contribution in [0.25, 0.3) is 0 Å². The normalized spacial score (nSPS) is 19.9. The number of hydrogen-bond acceptors (Lipinski definition) is 3. The van der Waals surface area contributed by atoms with Gasteiger partial charge in [0.1, 0.15) is 5.82 Å². The summed E-state index contributed by atoms with van der Waals surface area (Å²) in [6, 6.07) is 4.77. The van der Waals surface area contributed by atoms with Crippen molar-refractivity contribution in [3.63, 3.8) is 0 Å². The first-order valence-electron chi connectivity index (χ1n) is 8.13. The fourth-order valence-corrected chi connectivity index (χ4v) is 4.15. The molecule has 1 aliphatic rings. The Labute approximate surface area is 143 Å². The van der Waals surface area contributed by atoms with Crippen molar-refractivity contribution in [2.75, 3.05) is 19.6 Å². The molecular weight excluding hydrogens is 331 g/mol. The first-order chi connectivity index (χ1) is 11.1. The van der Waals surface area contributed by atoms with Crippen LogP contribution in [0, 0.1) is 17.2 Å². The predicted octanol–water partition coefficient (Wildman–Crippen LogP) is 2.39. The van der Waals surface area contributed by atoms with Crippen LogP contribution in [0.15, 0.2) is 29.2 Å². The van der Waals surface area contributed by atoms with Gasteiger partial charge < -0.3 is 5.32 Å². The molecule has 1 aromatic rings. The zero-order valence-electron chi connectivity index (χ0n) is 14.4. The monoisotopic (exact) mass is 356 g/mol. The van der Waals surface area contributed by atoms with Gasteiger partial charge in [-0.3, -0.25) is 4.79 Å². The molecule has 1 aliphatic heterocycles. The number of carbonyl (C=O) groups excluding carboxylic acids is 1. The van der Waals surface area contributed by atoms with E-state index in [0.717, 1.165) is 12.1 Å². The summed E-state index contributed by atoms with van der Waals surface area (Å²) in [5.74, 6) is -0.938. The summed E-state index contributed by atoms with van der Waals surface area (Å²) < 4.78 is 39.6. The fourth-order valence-electron chi connectivity index (χ4n) is 2.63. The minimum Gasteiger partial charge on any atom is -0.355 e. The molecule has 1 amide bonds. The summed E-state index contributed by atoms with van der Waals surface area (Å²) in [5, 5.41) is 2.90. The highest BCUT2D eigenvalue weighted by Crippen LogP contribution is 2.24. The van der Waals surface area contributed by atoms with E-state index in [1.54, 1.807) is 0 Å². The van der Waals surface area contributed by atoms with Crippen LogP contribution in [0.1, 0.15) is 33.6 Å². The number of nitrogens with zero attached hydrogens (tertiary/aromatic N) is 1. The number of sulfonamides is 1. The van der Waals surface area contributed by atoms with Crippen LogP contribution in [-0.2, 0) is 14.8 Å². The Morgan fingerprint density at radius 2 is 1.92 bits per heavy atom. The number of halogens is 1. The quantitative estimate of drug-likeness (QED) is 0.901. The van der Waals surface area contributed by atoms with Crippen LogP contribution >= 0.6 is 0 Å². The number of benzene rings is 1. The van der Waals surface area contributed by atoms with Crippen molar-refractivity contribution in [3.05, 3.63) is 30.1 Å². The van der Waals surface area contributed by atoms with Gasteiger partial charge in [0.05, 0.1) is 10.8 Å². The molecule has 134 valence electrons. The number of rotatable bonds is 4. The van der Waals surface area contributed by atoms with Gasteiger partial charge in [0.15, 0.2) is 0 Å². The standard InChI is InChI=1S/C17H25FN2O3S/c1-17(2,3)12-19-16(21)13-5-4-10-20(11-13)24(22,23)15-8-6-14(18)7-9-15/h6-9,13H,4-5,10-12H2,1-3H3,(H,19,21)/t13-/m1/s1. The highest BCUT2D eigenvalue weighted by molar-refractivity contribution is 7.89. The summed E-state index contributed by atoms with van der Waals surface area (Å²) in [7, 11) is -3.70. The number of nitrogens with one attached hydrogen (secondary N) is 1. The lowest BCUT2D eigenvalue weighted by molar-refractivity contribution is -0.126. The molecule has 1 atom stereocenters. The maximum Gasteiger partial charge on any atom is 0.243 e. The Morgan fingerprint density at radius 1 is 1.29 bits per heavy atom. The first-order valence-corrected chi connectivity index (χ1v) is 9.57. The predicted molar refractivity (Wildman–Crippen MR) is 90.3 cm³/mol. The van der Waals surface area contributed by atoms with Crippen LogP contribution in [-0.4, -0.2) is 38.3 Å². The van der Waals surface area contributed by atoms with E-state index in [1.165, 1.54) is 16.4 Å². The van der Waals surface area contributed by atoms with Gasteiger partial charge in [-0.2, -0.15) is 4.31 Å². The summed E-state index contributed by atoms with van der Waals surface area (Å²) in [4.78, 5) is 12.4. The van der Waals surface area contributed by atoms with E-state index in [-0.39, 0.29) is 28.7 Å². The van der Waals surface area contributed by atoms with E-state index in [9.17, 15) is 17.6 Å².